The number of nitrogens with one attached hydrogen (secondary N) is 3. The maximum Gasteiger partial charge on any atom is 0.233 e. The Morgan fingerprint density at radius 3 is 2.52 bits per heavy atom. The van der Waals surface area contributed by atoms with Gasteiger partial charge in [-0.05, 0) is 30.7 Å². The first-order chi connectivity index (χ1) is 10.1. The fraction of sp³-hybridized carbons (Fsp3) is 0.500. The Kier molecular flexibility index (Phi) is 5.33. The van der Waals surface area contributed by atoms with Gasteiger partial charge in [-0.15, -0.1) is 0 Å². The average molecular weight is 289 g/mol. The lowest BCUT2D eigenvalue weighted by atomic mass is 10.00. The Morgan fingerprint density at radius 1 is 1.14 bits per heavy atom. The Balaban J connectivity index is 2.25. The Hall–Kier alpha value is -1.88. The molecule has 1 aromatic rings. The van der Waals surface area contributed by atoms with E-state index in [1.54, 1.807) is 0 Å². The number of rotatable bonds is 6. The molecule has 1 aromatic carbocycles. The Labute approximate surface area is 125 Å². The molecule has 3 N–H and O–H groups in total. The number of fused-ring (bicyclic) bond motifs is 1. The minimum Gasteiger partial charge on any atom is -0.324 e. The average Bonchev–Trinajstić information content (AvgIpc) is 2.59. The van der Waals surface area contributed by atoms with Crippen LogP contribution in [0.3, 0.4) is 0 Å². The molecule has 1 atom stereocenters. The van der Waals surface area contributed by atoms with Crippen molar-refractivity contribution in [3.05, 3.63) is 23.8 Å². The summed E-state index contributed by atoms with van der Waals surface area (Å²) in [7, 11) is 0. The summed E-state index contributed by atoms with van der Waals surface area (Å²) in [5.74, 6) is -0.537. The Morgan fingerprint density at radius 2 is 1.86 bits per heavy atom. The van der Waals surface area contributed by atoms with Crippen molar-refractivity contribution < 1.29 is 9.59 Å². The zero-order valence-corrected chi connectivity index (χ0v) is 12.7. The van der Waals surface area contributed by atoms with Crippen molar-refractivity contribution in [3.8, 4) is 0 Å². The minimum absolute atomic E-state index is 0.128. The number of anilines is 2. The molecule has 0 fully saturated rings. The lowest BCUT2D eigenvalue weighted by molar-refractivity contribution is -0.123. The van der Waals surface area contributed by atoms with Crippen molar-refractivity contribution in [3.63, 3.8) is 0 Å². The van der Waals surface area contributed by atoms with Crippen molar-refractivity contribution >= 4 is 23.2 Å². The van der Waals surface area contributed by atoms with Gasteiger partial charge in [0.1, 0.15) is 6.42 Å². The van der Waals surface area contributed by atoms with Crippen LogP contribution >= 0.6 is 0 Å². The number of unbranched alkanes of at least 4 members (excludes halogenated alkanes) is 1. The van der Waals surface area contributed by atoms with Crippen LogP contribution in [0.2, 0.25) is 0 Å². The Bertz CT molecular complexity index is 528. The lowest BCUT2D eigenvalue weighted by Gasteiger charge is -2.20. The maximum absolute atomic E-state index is 11.6. The molecule has 1 unspecified atom stereocenters. The predicted octanol–water partition coefficient (Wildman–Crippen LogP) is 2.81. The topological polar surface area (TPSA) is 70.2 Å². The van der Waals surface area contributed by atoms with E-state index in [0.29, 0.717) is 11.4 Å². The number of hydrogen-bond donors (Lipinski definition) is 3. The maximum atomic E-state index is 11.6. The van der Waals surface area contributed by atoms with Crippen molar-refractivity contribution in [2.24, 2.45) is 0 Å². The van der Waals surface area contributed by atoms with Crippen LogP contribution in [0, 0.1) is 0 Å². The van der Waals surface area contributed by atoms with Crippen LogP contribution in [-0.4, -0.2) is 18.4 Å². The number of benzene rings is 1. The van der Waals surface area contributed by atoms with Crippen LogP contribution in [0.5, 0.6) is 0 Å². The van der Waals surface area contributed by atoms with Crippen molar-refractivity contribution in [1.29, 1.82) is 0 Å². The van der Waals surface area contributed by atoms with Gasteiger partial charge in [-0.3, -0.25) is 9.59 Å². The SMILES string of the molecule is CCCCC(NCC)c1ccc2c(c1)NC(=O)CC(=O)N2. The summed E-state index contributed by atoms with van der Waals surface area (Å²) in [4.78, 5) is 23.2. The van der Waals surface area contributed by atoms with E-state index in [2.05, 4.69) is 29.8 Å². The fourth-order valence-electron chi connectivity index (χ4n) is 2.57. The first-order valence-corrected chi connectivity index (χ1v) is 7.61. The van der Waals surface area contributed by atoms with Gasteiger partial charge in [0.05, 0.1) is 11.4 Å². The fourth-order valence-corrected chi connectivity index (χ4v) is 2.57. The summed E-state index contributed by atoms with van der Waals surface area (Å²) in [6.45, 7) is 5.16. The second kappa shape index (κ2) is 7.22. The molecule has 2 amide bonds. The summed E-state index contributed by atoms with van der Waals surface area (Å²) in [5.41, 5.74) is 2.49. The monoisotopic (exact) mass is 289 g/mol. The molecule has 0 saturated carbocycles. The second-order valence-electron chi connectivity index (χ2n) is 5.33. The van der Waals surface area contributed by atoms with E-state index in [-0.39, 0.29) is 24.3 Å². The zero-order valence-electron chi connectivity index (χ0n) is 12.7. The molecule has 21 heavy (non-hydrogen) atoms. The van der Waals surface area contributed by atoms with Crippen molar-refractivity contribution in [1.82, 2.24) is 5.32 Å². The molecule has 0 aliphatic carbocycles. The van der Waals surface area contributed by atoms with E-state index in [4.69, 9.17) is 0 Å². The normalized spacial score (nSPS) is 15.7. The largest absolute Gasteiger partial charge is 0.324 e. The first-order valence-electron chi connectivity index (χ1n) is 7.61. The van der Waals surface area contributed by atoms with E-state index in [1.807, 2.05) is 18.2 Å². The summed E-state index contributed by atoms with van der Waals surface area (Å²) < 4.78 is 0. The molecule has 1 heterocycles. The molecule has 114 valence electrons. The number of amides is 2. The van der Waals surface area contributed by atoms with Gasteiger partial charge in [0.2, 0.25) is 11.8 Å². The molecule has 1 aliphatic heterocycles. The van der Waals surface area contributed by atoms with Gasteiger partial charge in [0.25, 0.3) is 0 Å². The minimum atomic E-state index is -0.270. The third kappa shape index (κ3) is 4.04. The quantitative estimate of drug-likeness (QED) is 0.705. The summed E-state index contributed by atoms with van der Waals surface area (Å²) in [6.07, 6.45) is 3.23. The highest BCUT2D eigenvalue weighted by molar-refractivity contribution is 6.13. The summed E-state index contributed by atoms with van der Waals surface area (Å²) in [6, 6.07) is 6.11. The number of carbonyl (C=O) groups is 2. The number of hydrogen-bond acceptors (Lipinski definition) is 3. The van der Waals surface area contributed by atoms with E-state index < -0.39 is 0 Å². The van der Waals surface area contributed by atoms with Gasteiger partial charge in [-0.25, -0.2) is 0 Å². The summed E-state index contributed by atoms with van der Waals surface area (Å²) in [5, 5.41) is 9.02. The van der Waals surface area contributed by atoms with Crippen molar-refractivity contribution in [2.45, 2.75) is 45.6 Å². The van der Waals surface area contributed by atoms with Gasteiger partial charge in [-0.2, -0.15) is 0 Å². The highest BCUT2D eigenvalue weighted by atomic mass is 16.2. The van der Waals surface area contributed by atoms with E-state index in [1.165, 1.54) is 0 Å². The van der Waals surface area contributed by atoms with Gasteiger partial charge in [0.15, 0.2) is 0 Å². The lowest BCUT2D eigenvalue weighted by Crippen LogP contribution is -2.21. The molecule has 2 rings (SSSR count). The molecular weight excluding hydrogens is 266 g/mol. The third-order valence-corrected chi connectivity index (χ3v) is 3.61. The van der Waals surface area contributed by atoms with Gasteiger partial charge < -0.3 is 16.0 Å². The molecule has 0 spiro atoms. The first kappa shape index (κ1) is 15.5. The van der Waals surface area contributed by atoms with Gasteiger partial charge in [0, 0.05) is 6.04 Å². The zero-order chi connectivity index (χ0) is 15.2. The smallest absolute Gasteiger partial charge is 0.233 e. The molecule has 5 heteroatoms. The second-order valence-corrected chi connectivity index (χ2v) is 5.33. The van der Waals surface area contributed by atoms with Crippen LogP contribution in [0.1, 0.15) is 51.1 Å². The van der Waals surface area contributed by atoms with Gasteiger partial charge >= 0.3 is 0 Å². The predicted molar refractivity (Wildman–Crippen MR) is 84.3 cm³/mol. The van der Waals surface area contributed by atoms with Crippen LogP contribution < -0.4 is 16.0 Å². The molecular formula is C16H23N3O2. The number of carbonyl (C=O) groups excluding carboxylic acids is 2. The molecule has 0 radical (unpaired) electrons. The summed E-state index contributed by atoms with van der Waals surface area (Å²) >= 11 is 0. The van der Waals surface area contributed by atoms with E-state index >= 15 is 0 Å². The van der Waals surface area contributed by atoms with E-state index in [0.717, 1.165) is 31.4 Å². The highest BCUT2D eigenvalue weighted by Crippen LogP contribution is 2.30. The van der Waals surface area contributed by atoms with Crippen LogP contribution in [0.25, 0.3) is 0 Å². The van der Waals surface area contributed by atoms with Crippen LogP contribution in [-0.2, 0) is 9.59 Å². The molecule has 0 bridgehead atoms. The van der Waals surface area contributed by atoms with Crippen LogP contribution in [0.4, 0.5) is 11.4 Å². The molecule has 0 saturated heterocycles. The van der Waals surface area contributed by atoms with Crippen LogP contribution in [0.15, 0.2) is 18.2 Å². The highest BCUT2D eigenvalue weighted by Gasteiger charge is 2.19. The van der Waals surface area contributed by atoms with E-state index in [9.17, 15) is 9.59 Å². The molecule has 0 aromatic heterocycles. The standard InChI is InChI=1S/C16H23N3O2/c1-3-5-6-12(17-4-2)11-7-8-13-14(9-11)19-16(21)10-15(20)18-13/h7-9,12,17H,3-6,10H2,1-2H3,(H,18,20)(H,19,21). The van der Waals surface area contributed by atoms with Gasteiger partial charge in [-0.1, -0.05) is 32.8 Å². The third-order valence-electron chi connectivity index (χ3n) is 3.61. The molecule has 5 nitrogen and oxygen atoms in total. The molecule has 1 aliphatic rings. The van der Waals surface area contributed by atoms with Crippen molar-refractivity contribution in [2.75, 3.05) is 17.2 Å².